The van der Waals surface area contributed by atoms with Crippen LogP contribution in [0.25, 0.3) is 11.0 Å². The molecule has 1 aliphatic rings. The Labute approximate surface area is 180 Å². The summed E-state index contributed by atoms with van der Waals surface area (Å²) in [6.45, 7) is 4.72. The molecule has 0 aliphatic carbocycles. The second-order valence-corrected chi connectivity index (χ2v) is 7.96. The van der Waals surface area contributed by atoms with E-state index in [4.69, 9.17) is 9.15 Å². The Morgan fingerprint density at radius 1 is 1.16 bits per heavy atom. The molecule has 2 heterocycles. The molecule has 4 rings (SSSR count). The van der Waals surface area contributed by atoms with Crippen molar-refractivity contribution in [3.63, 3.8) is 0 Å². The lowest BCUT2D eigenvalue weighted by Crippen LogP contribution is -2.34. The van der Waals surface area contributed by atoms with Crippen molar-refractivity contribution in [2.75, 3.05) is 20.3 Å². The minimum absolute atomic E-state index is 0.0254. The van der Waals surface area contributed by atoms with E-state index in [1.54, 1.807) is 19.2 Å². The fraction of sp³-hybridized carbons (Fsp3) is 0.280. The van der Waals surface area contributed by atoms with Crippen LogP contribution in [-0.2, 0) is 9.53 Å². The van der Waals surface area contributed by atoms with E-state index < -0.39 is 23.5 Å². The summed E-state index contributed by atoms with van der Waals surface area (Å²) in [5.41, 5.74) is 2.49. The number of rotatable bonds is 7. The summed E-state index contributed by atoms with van der Waals surface area (Å²) in [5, 5.41) is 11.5. The van der Waals surface area contributed by atoms with Gasteiger partial charge in [0.1, 0.15) is 5.58 Å². The fourth-order valence-electron chi connectivity index (χ4n) is 3.94. The highest BCUT2D eigenvalue weighted by Crippen LogP contribution is 2.39. The smallest absolute Gasteiger partial charge is 0.290 e. The Balaban J connectivity index is 1.78. The van der Waals surface area contributed by atoms with Crippen LogP contribution in [0.2, 0.25) is 0 Å². The first-order valence-corrected chi connectivity index (χ1v) is 10.3. The Bertz CT molecular complexity index is 1120. The number of aliphatic hydroxyl groups is 1. The molecule has 1 atom stereocenters. The summed E-state index contributed by atoms with van der Waals surface area (Å²) in [4.78, 5) is 27.8. The van der Waals surface area contributed by atoms with Crippen molar-refractivity contribution >= 4 is 22.7 Å². The van der Waals surface area contributed by atoms with Crippen LogP contribution < -0.4 is 0 Å². The first kappa shape index (κ1) is 20.9. The van der Waals surface area contributed by atoms with Crippen molar-refractivity contribution in [1.82, 2.24) is 4.90 Å². The van der Waals surface area contributed by atoms with Crippen LogP contribution in [0.1, 0.15) is 47.5 Å². The van der Waals surface area contributed by atoms with Crippen molar-refractivity contribution in [2.45, 2.75) is 25.8 Å². The van der Waals surface area contributed by atoms with E-state index in [0.717, 1.165) is 16.5 Å². The number of methoxy groups -OCH3 is 1. The highest BCUT2D eigenvalue weighted by molar-refractivity contribution is 6.16. The number of carbonyl (C=O) groups excluding carboxylic acids is 2. The number of furan rings is 1. The Morgan fingerprint density at radius 3 is 2.52 bits per heavy atom. The Morgan fingerprint density at radius 2 is 1.87 bits per heavy atom. The van der Waals surface area contributed by atoms with Crippen LogP contribution >= 0.6 is 0 Å². The van der Waals surface area contributed by atoms with Gasteiger partial charge in [0.25, 0.3) is 5.91 Å². The molecule has 6 nitrogen and oxygen atoms in total. The number of aliphatic hydroxyl groups excluding tert-OH is 1. The number of hydrogen-bond acceptors (Lipinski definition) is 5. The predicted octanol–water partition coefficient (Wildman–Crippen LogP) is 4.78. The highest BCUT2D eigenvalue weighted by Gasteiger charge is 2.44. The number of hydrogen-bond donors (Lipinski definition) is 1. The topological polar surface area (TPSA) is 80.0 Å². The molecule has 1 unspecified atom stereocenters. The van der Waals surface area contributed by atoms with Crippen molar-refractivity contribution < 1.29 is 23.8 Å². The van der Waals surface area contributed by atoms with Gasteiger partial charge in [-0.25, -0.2) is 0 Å². The Kier molecular flexibility index (Phi) is 5.65. The monoisotopic (exact) mass is 419 g/mol. The molecule has 3 aromatic rings. The molecule has 1 amide bonds. The normalized spacial score (nSPS) is 16.7. The molecule has 0 bridgehead atoms. The highest BCUT2D eigenvalue weighted by atomic mass is 16.5. The molecule has 0 radical (unpaired) electrons. The van der Waals surface area contributed by atoms with Crippen LogP contribution in [0, 0.1) is 0 Å². The third kappa shape index (κ3) is 3.75. The maximum Gasteiger partial charge on any atom is 0.290 e. The van der Waals surface area contributed by atoms with E-state index in [1.165, 1.54) is 4.90 Å². The van der Waals surface area contributed by atoms with Crippen molar-refractivity contribution in [3.05, 3.63) is 82.8 Å². The molecular formula is C25H25NO5. The average molecular weight is 419 g/mol. The second-order valence-electron chi connectivity index (χ2n) is 7.96. The summed E-state index contributed by atoms with van der Waals surface area (Å²) in [6.07, 6.45) is 0. The molecule has 1 aliphatic heterocycles. The third-order valence-corrected chi connectivity index (χ3v) is 5.65. The van der Waals surface area contributed by atoms with Gasteiger partial charge in [-0.2, -0.15) is 0 Å². The lowest BCUT2D eigenvalue weighted by molar-refractivity contribution is -0.130. The number of benzene rings is 2. The molecular weight excluding hydrogens is 394 g/mol. The minimum atomic E-state index is -0.718. The molecule has 31 heavy (non-hydrogen) atoms. The summed E-state index contributed by atoms with van der Waals surface area (Å²) in [5.74, 6) is -1.19. The van der Waals surface area contributed by atoms with Crippen molar-refractivity contribution in [1.29, 1.82) is 0 Å². The first-order chi connectivity index (χ1) is 14.9. The Hall–Kier alpha value is -3.38. The maximum absolute atomic E-state index is 13.4. The number of Topliss-reactive ketones (excluding diaryl/α,β-unsaturated/α-hetero) is 1. The molecule has 0 spiro atoms. The van der Waals surface area contributed by atoms with E-state index in [9.17, 15) is 14.7 Å². The minimum Gasteiger partial charge on any atom is -0.503 e. The zero-order valence-electron chi connectivity index (χ0n) is 17.8. The van der Waals surface area contributed by atoms with E-state index >= 15 is 0 Å². The zero-order valence-corrected chi connectivity index (χ0v) is 17.8. The molecule has 160 valence electrons. The number of nitrogens with zero attached hydrogens (tertiary/aromatic N) is 1. The van der Waals surface area contributed by atoms with Gasteiger partial charge < -0.3 is 19.2 Å². The van der Waals surface area contributed by atoms with E-state index in [0.29, 0.717) is 11.5 Å². The second kappa shape index (κ2) is 8.40. The van der Waals surface area contributed by atoms with Crippen molar-refractivity contribution in [3.8, 4) is 0 Å². The number of carbonyl (C=O) groups is 2. The van der Waals surface area contributed by atoms with Gasteiger partial charge in [-0.15, -0.1) is 0 Å². The van der Waals surface area contributed by atoms with Gasteiger partial charge in [0.05, 0.1) is 18.2 Å². The zero-order chi connectivity index (χ0) is 22.1. The number of ether oxygens (including phenoxy) is 1. The molecule has 0 fully saturated rings. The summed E-state index contributed by atoms with van der Waals surface area (Å²) < 4.78 is 10.9. The van der Waals surface area contributed by atoms with Gasteiger partial charge in [0.15, 0.2) is 11.5 Å². The van der Waals surface area contributed by atoms with E-state index in [2.05, 4.69) is 13.8 Å². The molecule has 0 saturated carbocycles. The third-order valence-electron chi connectivity index (χ3n) is 5.65. The van der Waals surface area contributed by atoms with E-state index in [1.807, 2.05) is 42.5 Å². The molecule has 2 aromatic carbocycles. The molecule has 6 heteroatoms. The first-order valence-electron chi connectivity index (χ1n) is 10.3. The van der Waals surface area contributed by atoms with Gasteiger partial charge >= 0.3 is 0 Å². The molecule has 1 N–H and O–H groups in total. The van der Waals surface area contributed by atoms with E-state index in [-0.39, 0.29) is 24.5 Å². The van der Waals surface area contributed by atoms with Crippen LogP contribution in [-0.4, -0.2) is 42.0 Å². The lowest BCUT2D eigenvalue weighted by atomic mass is 9.93. The standard InChI is InChI=1S/C25H25NO5/c1-15(2)16-8-10-17(11-9-16)22-21(24(28)25(29)26(22)12-13-30-3)23(27)20-14-18-6-4-5-7-19(18)31-20/h4-11,14-15,22,28H,12-13H2,1-3H3. The van der Waals surface area contributed by atoms with Crippen LogP contribution in [0.3, 0.4) is 0 Å². The van der Waals surface area contributed by atoms with Crippen LogP contribution in [0.5, 0.6) is 0 Å². The van der Waals surface area contributed by atoms with Crippen LogP contribution in [0.4, 0.5) is 0 Å². The number of ketones is 1. The van der Waals surface area contributed by atoms with Crippen molar-refractivity contribution in [2.24, 2.45) is 0 Å². The van der Waals surface area contributed by atoms with Gasteiger partial charge in [0, 0.05) is 19.0 Å². The predicted molar refractivity (Wildman–Crippen MR) is 117 cm³/mol. The average Bonchev–Trinajstić information content (AvgIpc) is 3.31. The summed E-state index contributed by atoms with van der Waals surface area (Å²) in [7, 11) is 1.54. The van der Waals surface area contributed by atoms with Gasteiger partial charge in [-0.1, -0.05) is 56.3 Å². The number of fused-ring (bicyclic) bond motifs is 1. The van der Waals surface area contributed by atoms with Crippen LogP contribution in [0.15, 0.2) is 70.3 Å². The SMILES string of the molecule is COCCN1C(=O)C(O)=C(C(=O)c2cc3ccccc3o2)C1c1ccc(C(C)C)cc1. The quantitative estimate of drug-likeness (QED) is 0.558. The maximum atomic E-state index is 13.4. The lowest BCUT2D eigenvalue weighted by Gasteiger charge is -2.26. The molecule has 0 saturated heterocycles. The summed E-state index contributed by atoms with van der Waals surface area (Å²) >= 11 is 0. The van der Waals surface area contributed by atoms with Gasteiger partial charge in [-0.3, -0.25) is 9.59 Å². The number of para-hydroxylation sites is 1. The molecule has 1 aromatic heterocycles. The summed E-state index contributed by atoms with van der Waals surface area (Å²) in [6, 6.07) is 16.0. The largest absolute Gasteiger partial charge is 0.503 e. The fourth-order valence-corrected chi connectivity index (χ4v) is 3.94. The van der Waals surface area contributed by atoms with Gasteiger partial charge in [0.2, 0.25) is 5.78 Å². The van der Waals surface area contributed by atoms with Gasteiger partial charge in [-0.05, 0) is 29.2 Å². The number of amides is 1.